The normalized spacial score (nSPS) is 16.3. The first kappa shape index (κ1) is 26.9. The molecule has 0 saturated carbocycles. The van der Waals surface area contributed by atoms with Crippen molar-refractivity contribution in [2.45, 2.75) is 25.1 Å². The molecule has 3 aromatic carbocycles. The van der Waals surface area contributed by atoms with Crippen LogP contribution in [0.1, 0.15) is 29.3 Å². The highest BCUT2D eigenvalue weighted by Gasteiger charge is 2.36. The standard InChI is InChI=1S/C28H26FN3O5S/c1-3-37-27(35)19-6-10-21(11-7-19)30-26(34)24-16-25(33)32(17-18-4-8-20(29)9-5-18)28(38-24)31-22-12-14-23(36-2)15-13-22/h4-15,24H,3,16-17H2,1-2H3,(H,30,34). The number of methoxy groups -OCH3 is 1. The number of halogens is 1. The fraction of sp³-hybridized carbons (Fsp3) is 0.214. The summed E-state index contributed by atoms with van der Waals surface area (Å²) in [5.74, 6) is -0.795. The van der Waals surface area contributed by atoms with Crippen LogP contribution in [-0.4, -0.2) is 46.8 Å². The summed E-state index contributed by atoms with van der Waals surface area (Å²) < 4.78 is 23.6. The Balaban J connectivity index is 1.54. The number of amides is 2. The molecule has 38 heavy (non-hydrogen) atoms. The van der Waals surface area contributed by atoms with Crippen LogP contribution in [0.3, 0.4) is 0 Å². The Bertz CT molecular complexity index is 1330. The van der Waals surface area contributed by atoms with E-state index in [0.29, 0.717) is 27.9 Å². The predicted octanol–water partition coefficient (Wildman–Crippen LogP) is 5.17. The zero-order chi connectivity index (χ0) is 27.1. The summed E-state index contributed by atoms with van der Waals surface area (Å²) in [6.07, 6.45) is -0.0414. The molecule has 4 rings (SSSR count). The van der Waals surface area contributed by atoms with Gasteiger partial charge < -0.3 is 14.8 Å². The quantitative estimate of drug-likeness (QED) is 0.400. The number of nitrogens with one attached hydrogen (secondary N) is 1. The molecule has 0 bridgehead atoms. The number of esters is 1. The lowest BCUT2D eigenvalue weighted by molar-refractivity contribution is -0.129. The largest absolute Gasteiger partial charge is 0.497 e. The molecule has 0 spiro atoms. The van der Waals surface area contributed by atoms with Crippen molar-refractivity contribution >= 4 is 46.1 Å². The third-order valence-corrected chi connectivity index (χ3v) is 6.83. The second-order valence-electron chi connectivity index (χ2n) is 8.30. The third-order valence-electron chi connectivity index (χ3n) is 5.65. The first-order valence-electron chi connectivity index (χ1n) is 11.9. The topological polar surface area (TPSA) is 97.3 Å². The summed E-state index contributed by atoms with van der Waals surface area (Å²) in [4.78, 5) is 44.4. The fourth-order valence-electron chi connectivity index (χ4n) is 3.66. The van der Waals surface area contributed by atoms with Crippen LogP contribution >= 0.6 is 11.8 Å². The van der Waals surface area contributed by atoms with Crippen molar-refractivity contribution in [1.29, 1.82) is 0 Å². The SMILES string of the molecule is CCOC(=O)c1ccc(NC(=O)C2CC(=O)N(Cc3ccc(F)cc3)C(=Nc3ccc(OC)cc3)S2)cc1. The second kappa shape index (κ2) is 12.4. The maximum atomic E-state index is 13.4. The van der Waals surface area contributed by atoms with Crippen LogP contribution in [0.25, 0.3) is 0 Å². The zero-order valence-electron chi connectivity index (χ0n) is 20.8. The molecule has 1 atom stereocenters. The number of hydrogen-bond donors (Lipinski definition) is 1. The molecular weight excluding hydrogens is 509 g/mol. The van der Waals surface area contributed by atoms with Crippen molar-refractivity contribution in [3.8, 4) is 5.75 Å². The van der Waals surface area contributed by atoms with Gasteiger partial charge in [0.15, 0.2) is 5.17 Å². The molecule has 3 aromatic rings. The lowest BCUT2D eigenvalue weighted by Crippen LogP contribution is -2.44. The van der Waals surface area contributed by atoms with Gasteiger partial charge in [-0.25, -0.2) is 14.2 Å². The Morgan fingerprint density at radius 1 is 1.05 bits per heavy atom. The Hall–Kier alpha value is -4.18. The number of anilines is 1. The summed E-state index contributed by atoms with van der Waals surface area (Å²) in [6, 6.07) is 19.2. The van der Waals surface area contributed by atoms with Gasteiger partial charge in [-0.2, -0.15) is 0 Å². The minimum Gasteiger partial charge on any atom is -0.497 e. The van der Waals surface area contributed by atoms with Gasteiger partial charge in [0.05, 0.1) is 31.5 Å². The Morgan fingerprint density at radius 2 is 1.74 bits per heavy atom. The number of benzene rings is 3. The average molecular weight is 536 g/mol. The van der Waals surface area contributed by atoms with Gasteiger partial charge in [0, 0.05) is 12.1 Å². The summed E-state index contributed by atoms with van der Waals surface area (Å²) >= 11 is 1.18. The molecular formula is C28H26FN3O5S. The van der Waals surface area contributed by atoms with Gasteiger partial charge in [-0.05, 0) is 73.2 Å². The van der Waals surface area contributed by atoms with E-state index < -0.39 is 11.2 Å². The molecule has 1 saturated heterocycles. The van der Waals surface area contributed by atoms with E-state index in [1.54, 1.807) is 74.7 Å². The number of carbonyl (C=O) groups excluding carboxylic acids is 3. The number of ether oxygens (including phenoxy) is 2. The van der Waals surface area contributed by atoms with Crippen molar-refractivity contribution in [2.75, 3.05) is 19.0 Å². The molecule has 1 N–H and O–H groups in total. The highest BCUT2D eigenvalue weighted by molar-refractivity contribution is 8.15. The lowest BCUT2D eigenvalue weighted by Gasteiger charge is -2.32. The van der Waals surface area contributed by atoms with Gasteiger partial charge in [-0.15, -0.1) is 0 Å². The molecule has 8 nitrogen and oxygen atoms in total. The lowest BCUT2D eigenvalue weighted by atomic mass is 10.1. The minimum atomic E-state index is -0.728. The monoisotopic (exact) mass is 535 g/mol. The van der Waals surface area contributed by atoms with Crippen LogP contribution in [0.15, 0.2) is 77.8 Å². The van der Waals surface area contributed by atoms with Gasteiger partial charge in [0.25, 0.3) is 0 Å². The van der Waals surface area contributed by atoms with Gasteiger partial charge in [0.1, 0.15) is 16.8 Å². The van der Waals surface area contributed by atoms with Crippen LogP contribution < -0.4 is 10.1 Å². The number of aliphatic imine (C=N–C) groups is 1. The molecule has 1 aliphatic rings. The van der Waals surface area contributed by atoms with Gasteiger partial charge in [0.2, 0.25) is 11.8 Å². The number of thioether (sulfide) groups is 1. The van der Waals surface area contributed by atoms with Crippen molar-refractivity contribution in [3.05, 3.63) is 89.7 Å². The van der Waals surface area contributed by atoms with Crippen molar-refractivity contribution in [1.82, 2.24) is 4.90 Å². The van der Waals surface area contributed by atoms with Crippen molar-refractivity contribution < 1.29 is 28.2 Å². The number of hydrogen-bond acceptors (Lipinski definition) is 7. The summed E-state index contributed by atoms with van der Waals surface area (Å²) in [5, 5.41) is 2.43. The number of amidine groups is 1. The Morgan fingerprint density at radius 3 is 2.37 bits per heavy atom. The van der Waals surface area contributed by atoms with Gasteiger partial charge >= 0.3 is 5.97 Å². The maximum Gasteiger partial charge on any atom is 0.338 e. The molecule has 1 fully saturated rings. The minimum absolute atomic E-state index is 0.0414. The maximum absolute atomic E-state index is 13.4. The molecule has 1 aliphatic heterocycles. The Labute approximate surface area is 223 Å². The first-order chi connectivity index (χ1) is 18.4. The van der Waals surface area contributed by atoms with E-state index in [4.69, 9.17) is 9.47 Å². The highest BCUT2D eigenvalue weighted by atomic mass is 32.2. The number of carbonyl (C=O) groups is 3. The van der Waals surface area contributed by atoms with E-state index in [9.17, 15) is 18.8 Å². The molecule has 10 heteroatoms. The van der Waals surface area contributed by atoms with E-state index in [-0.39, 0.29) is 37.2 Å². The smallest absolute Gasteiger partial charge is 0.338 e. The van der Waals surface area contributed by atoms with Crippen LogP contribution in [0.5, 0.6) is 5.75 Å². The third kappa shape index (κ3) is 6.77. The van der Waals surface area contributed by atoms with Crippen LogP contribution in [-0.2, 0) is 20.9 Å². The van der Waals surface area contributed by atoms with E-state index in [2.05, 4.69) is 10.3 Å². The Kier molecular flexibility index (Phi) is 8.75. The molecule has 2 amide bonds. The van der Waals surface area contributed by atoms with Crippen LogP contribution in [0, 0.1) is 5.82 Å². The fourth-order valence-corrected chi connectivity index (χ4v) is 4.76. The summed E-state index contributed by atoms with van der Waals surface area (Å²) in [5.41, 5.74) is 2.17. The molecule has 1 heterocycles. The summed E-state index contributed by atoms with van der Waals surface area (Å²) in [7, 11) is 1.56. The zero-order valence-corrected chi connectivity index (χ0v) is 21.7. The number of rotatable bonds is 8. The molecule has 0 radical (unpaired) electrons. The van der Waals surface area contributed by atoms with Crippen LogP contribution in [0.4, 0.5) is 15.8 Å². The van der Waals surface area contributed by atoms with E-state index in [0.717, 1.165) is 5.56 Å². The van der Waals surface area contributed by atoms with Crippen LogP contribution in [0.2, 0.25) is 0 Å². The van der Waals surface area contributed by atoms with E-state index in [1.807, 2.05) is 0 Å². The van der Waals surface area contributed by atoms with Crippen molar-refractivity contribution in [2.24, 2.45) is 4.99 Å². The number of nitrogens with zero attached hydrogens (tertiary/aromatic N) is 2. The average Bonchev–Trinajstić information content (AvgIpc) is 2.92. The molecule has 0 aromatic heterocycles. The molecule has 196 valence electrons. The second-order valence-corrected chi connectivity index (χ2v) is 9.47. The van der Waals surface area contributed by atoms with Gasteiger partial charge in [-0.3, -0.25) is 14.5 Å². The predicted molar refractivity (Wildman–Crippen MR) is 144 cm³/mol. The first-order valence-corrected chi connectivity index (χ1v) is 12.8. The molecule has 1 unspecified atom stereocenters. The summed E-state index contributed by atoms with van der Waals surface area (Å²) in [6.45, 7) is 2.18. The molecule has 0 aliphatic carbocycles. The van der Waals surface area contributed by atoms with Gasteiger partial charge in [-0.1, -0.05) is 23.9 Å². The van der Waals surface area contributed by atoms with E-state index in [1.165, 1.54) is 28.8 Å². The van der Waals surface area contributed by atoms with E-state index >= 15 is 0 Å². The highest BCUT2D eigenvalue weighted by Crippen LogP contribution is 2.31. The van der Waals surface area contributed by atoms with Crippen molar-refractivity contribution in [3.63, 3.8) is 0 Å².